The molecule has 2 amide bonds. The maximum atomic E-state index is 12.3. The molecule has 0 unspecified atom stereocenters. The van der Waals surface area contributed by atoms with Crippen LogP contribution in [-0.4, -0.2) is 18.4 Å². The highest BCUT2D eigenvalue weighted by Gasteiger charge is 2.22. The predicted octanol–water partition coefficient (Wildman–Crippen LogP) is 3.72. The van der Waals surface area contributed by atoms with Crippen LogP contribution in [0.25, 0.3) is 0 Å². The number of amides is 2. The van der Waals surface area contributed by atoms with Gasteiger partial charge in [0.2, 0.25) is 11.8 Å². The van der Waals surface area contributed by atoms with Crippen molar-refractivity contribution >= 4 is 23.2 Å². The molecule has 2 fully saturated rings. The van der Waals surface area contributed by atoms with E-state index in [1.54, 1.807) is 0 Å². The highest BCUT2D eigenvalue weighted by Crippen LogP contribution is 2.27. The summed E-state index contributed by atoms with van der Waals surface area (Å²) in [6.45, 7) is 0.777. The summed E-state index contributed by atoms with van der Waals surface area (Å²) in [6, 6.07) is 7.68. The van der Waals surface area contributed by atoms with Gasteiger partial charge in [0.1, 0.15) is 0 Å². The van der Waals surface area contributed by atoms with E-state index in [9.17, 15) is 9.59 Å². The number of hydrogen-bond acceptors (Lipinski definition) is 2. The summed E-state index contributed by atoms with van der Waals surface area (Å²) in [6.07, 6.45) is 8.19. The molecule has 0 spiro atoms. The Balaban J connectivity index is 1.68. The van der Waals surface area contributed by atoms with E-state index in [1.807, 2.05) is 29.2 Å². The molecule has 1 heterocycles. The first-order chi connectivity index (χ1) is 10.7. The molecule has 1 saturated carbocycles. The Kier molecular flexibility index (Phi) is 4.76. The molecule has 22 heavy (non-hydrogen) atoms. The van der Waals surface area contributed by atoms with Crippen molar-refractivity contribution in [2.75, 3.05) is 16.8 Å². The van der Waals surface area contributed by atoms with Crippen LogP contribution < -0.4 is 10.2 Å². The fourth-order valence-electron chi connectivity index (χ4n) is 3.44. The number of nitrogens with one attached hydrogen (secondary N) is 1. The minimum atomic E-state index is 0.127. The molecule has 2 aliphatic rings. The molecule has 1 aromatic carbocycles. The minimum Gasteiger partial charge on any atom is -0.326 e. The van der Waals surface area contributed by atoms with Gasteiger partial charge < -0.3 is 10.2 Å². The standard InChI is InChI=1S/C18H24N2O2/c21-17-11-4-5-12-20(17)16-10-6-9-15(13-16)19-18(22)14-7-2-1-3-8-14/h6,9-10,13-14H,1-5,7-8,11-12H2,(H,19,22). The van der Waals surface area contributed by atoms with Crippen LogP contribution in [0, 0.1) is 5.92 Å². The quantitative estimate of drug-likeness (QED) is 0.925. The van der Waals surface area contributed by atoms with Crippen LogP contribution in [0.15, 0.2) is 24.3 Å². The van der Waals surface area contributed by atoms with Crippen molar-refractivity contribution in [3.63, 3.8) is 0 Å². The van der Waals surface area contributed by atoms with E-state index in [0.717, 1.165) is 56.4 Å². The number of anilines is 2. The van der Waals surface area contributed by atoms with Crippen LogP contribution >= 0.6 is 0 Å². The van der Waals surface area contributed by atoms with E-state index in [4.69, 9.17) is 0 Å². The van der Waals surface area contributed by atoms with Gasteiger partial charge in [0, 0.05) is 30.3 Å². The Labute approximate surface area is 131 Å². The molecule has 1 saturated heterocycles. The third-order valence-corrected chi connectivity index (χ3v) is 4.72. The zero-order valence-corrected chi connectivity index (χ0v) is 13.0. The van der Waals surface area contributed by atoms with Crippen molar-refractivity contribution in [2.45, 2.75) is 51.4 Å². The Bertz CT molecular complexity index is 550. The number of benzene rings is 1. The summed E-state index contributed by atoms with van der Waals surface area (Å²) >= 11 is 0. The number of carbonyl (C=O) groups is 2. The molecule has 4 heteroatoms. The lowest BCUT2D eigenvalue weighted by Crippen LogP contribution is -2.35. The smallest absolute Gasteiger partial charge is 0.227 e. The zero-order chi connectivity index (χ0) is 15.4. The molecule has 4 nitrogen and oxygen atoms in total. The second-order valence-corrected chi connectivity index (χ2v) is 6.38. The van der Waals surface area contributed by atoms with E-state index in [-0.39, 0.29) is 17.7 Å². The van der Waals surface area contributed by atoms with Gasteiger partial charge in [-0.3, -0.25) is 9.59 Å². The van der Waals surface area contributed by atoms with Crippen molar-refractivity contribution in [3.8, 4) is 0 Å². The fraction of sp³-hybridized carbons (Fsp3) is 0.556. The van der Waals surface area contributed by atoms with Gasteiger partial charge in [-0.05, 0) is 43.9 Å². The molecule has 1 aromatic rings. The summed E-state index contributed by atoms with van der Waals surface area (Å²) in [5, 5.41) is 3.03. The third-order valence-electron chi connectivity index (χ3n) is 4.72. The van der Waals surface area contributed by atoms with Crippen molar-refractivity contribution in [1.29, 1.82) is 0 Å². The van der Waals surface area contributed by atoms with Gasteiger partial charge in [0.15, 0.2) is 0 Å². The van der Waals surface area contributed by atoms with Gasteiger partial charge >= 0.3 is 0 Å². The lowest BCUT2D eigenvalue weighted by atomic mass is 9.88. The van der Waals surface area contributed by atoms with Gasteiger partial charge in [-0.25, -0.2) is 0 Å². The summed E-state index contributed by atoms with van der Waals surface area (Å²) in [5.74, 6) is 0.456. The lowest BCUT2D eigenvalue weighted by Gasteiger charge is -2.27. The van der Waals surface area contributed by atoms with Crippen LogP contribution in [0.3, 0.4) is 0 Å². The van der Waals surface area contributed by atoms with Crippen molar-refractivity contribution in [3.05, 3.63) is 24.3 Å². The van der Waals surface area contributed by atoms with E-state index in [2.05, 4.69) is 5.32 Å². The second-order valence-electron chi connectivity index (χ2n) is 6.38. The van der Waals surface area contributed by atoms with Crippen molar-refractivity contribution < 1.29 is 9.59 Å². The van der Waals surface area contributed by atoms with Gasteiger partial charge in [-0.2, -0.15) is 0 Å². The summed E-state index contributed by atoms with van der Waals surface area (Å²) in [4.78, 5) is 26.2. The average Bonchev–Trinajstić information content (AvgIpc) is 2.56. The van der Waals surface area contributed by atoms with Gasteiger partial charge in [-0.15, -0.1) is 0 Å². The number of piperidine rings is 1. The Morgan fingerprint density at radius 3 is 2.68 bits per heavy atom. The lowest BCUT2D eigenvalue weighted by molar-refractivity contribution is -0.121. The third kappa shape index (κ3) is 3.49. The molecule has 0 aromatic heterocycles. The summed E-state index contributed by atoms with van der Waals surface area (Å²) in [5.41, 5.74) is 1.69. The second kappa shape index (κ2) is 6.95. The largest absolute Gasteiger partial charge is 0.326 e. The number of nitrogens with zero attached hydrogens (tertiary/aromatic N) is 1. The predicted molar refractivity (Wildman–Crippen MR) is 87.9 cm³/mol. The van der Waals surface area contributed by atoms with Crippen LogP contribution in [0.5, 0.6) is 0 Å². The van der Waals surface area contributed by atoms with Crippen LogP contribution in [0.4, 0.5) is 11.4 Å². The minimum absolute atomic E-state index is 0.127. The molecule has 3 rings (SSSR count). The number of hydrogen-bond donors (Lipinski definition) is 1. The molecule has 1 N–H and O–H groups in total. The normalized spacial score (nSPS) is 20.0. The van der Waals surface area contributed by atoms with Gasteiger partial charge in [0.05, 0.1) is 0 Å². The van der Waals surface area contributed by atoms with Crippen molar-refractivity contribution in [2.24, 2.45) is 5.92 Å². The highest BCUT2D eigenvalue weighted by molar-refractivity contribution is 5.96. The van der Waals surface area contributed by atoms with Crippen LogP contribution in [0.2, 0.25) is 0 Å². The summed E-state index contributed by atoms with van der Waals surface area (Å²) < 4.78 is 0. The monoisotopic (exact) mass is 300 g/mol. The fourth-order valence-corrected chi connectivity index (χ4v) is 3.44. The molecular weight excluding hydrogens is 276 g/mol. The van der Waals surface area contributed by atoms with Crippen LogP contribution in [0.1, 0.15) is 51.4 Å². The zero-order valence-electron chi connectivity index (χ0n) is 13.0. The molecule has 0 radical (unpaired) electrons. The Morgan fingerprint density at radius 2 is 1.91 bits per heavy atom. The SMILES string of the molecule is O=C(Nc1cccc(N2CCCCC2=O)c1)C1CCCCC1. The van der Waals surface area contributed by atoms with Crippen LogP contribution in [-0.2, 0) is 9.59 Å². The maximum absolute atomic E-state index is 12.3. The molecule has 0 atom stereocenters. The van der Waals surface area contributed by atoms with Crippen molar-refractivity contribution in [1.82, 2.24) is 0 Å². The Hall–Kier alpha value is -1.84. The summed E-state index contributed by atoms with van der Waals surface area (Å²) in [7, 11) is 0. The van der Waals surface area contributed by atoms with E-state index < -0.39 is 0 Å². The molecule has 118 valence electrons. The van der Waals surface area contributed by atoms with Gasteiger partial charge in [0.25, 0.3) is 0 Å². The molecule has 0 bridgehead atoms. The van der Waals surface area contributed by atoms with Gasteiger partial charge in [-0.1, -0.05) is 25.3 Å². The maximum Gasteiger partial charge on any atom is 0.227 e. The molecular formula is C18H24N2O2. The Morgan fingerprint density at radius 1 is 1.09 bits per heavy atom. The topological polar surface area (TPSA) is 49.4 Å². The average molecular weight is 300 g/mol. The first-order valence-corrected chi connectivity index (χ1v) is 8.45. The number of rotatable bonds is 3. The first-order valence-electron chi connectivity index (χ1n) is 8.45. The molecule has 1 aliphatic heterocycles. The van der Waals surface area contributed by atoms with E-state index >= 15 is 0 Å². The highest BCUT2D eigenvalue weighted by atomic mass is 16.2. The molecule has 1 aliphatic carbocycles. The van der Waals surface area contributed by atoms with E-state index in [1.165, 1.54) is 6.42 Å². The number of carbonyl (C=O) groups excluding carboxylic acids is 2. The first kappa shape index (κ1) is 15.1. The van der Waals surface area contributed by atoms with E-state index in [0.29, 0.717) is 6.42 Å².